The maximum Gasteiger partial charge on any atom is 0.126 e. The van der Waals surface area contributed by atoms with Crippen LogP contribution in [0.2, 0.25) is 0 Å². The highest BCUT2D eigenvalue weighted by Gasteiger charge is 1.87. The molecule has 0 unspecified atom stereocenters. The van der Waals surface area contributed by atoms with Crippen LogP contribution in [0.3, 0.4) is 0 Å². The lowest BCUT2D eigenvalue weighted by Gasteiger charge is -2.00. The van der Waals surface area contributed by atoms with E-state index in [-0.39, 0.29) is 0 Å². The zero-order valence-corrected chi connectivity index (χ0v) is 8.74. The van der Waals surface area contributed by atoms with Gasteiger partial charge in [0.25, 0.3) is 0 Å². The van der Waals surface area contributed by atoms with Crippen LogP contribution < -0.4 is 9.47 Å². The van der Waals surface area contributed by atoms with Gasteiger partial charge in [-0.05, 0) is 24.3 Å². The molecular formula is C14H12O2. The van der Waals surface area contributed by atoms with E-state index < -0.39 is 0 Å². The summed E-state index contributed by atoms with van der Waals surface area (Å²) in [5.41, 5.74) is 0. The number of hydrogen-bond acceptors (Lipinski definition) is 2. The van der Waals surface area contributed by atoms with Crippen LogP contribution in [0.5, 0.6) is 11.5 Å². The Labute approximate surface area is 94.8 Å². The van der Waals surface area contributed by atoms with Crippen LogP contribution in [0, 0.1) is 0 Å². The number of ether oxygens (including phenoxy) is 2. The molecule has 0 bridgehead atoms. The Morgan fingerprint density at radius 2 is 0.938 bits per heavy atom. The molecule has 0 saturated heterocycles. The second-order valence-electron chi connectivity index (χ2n) is 3.13. The molecule has 0 fully saturated rings. The first-order chi connectivity index (χ1) is 7.95. The Bertz CT molecular complexity index is 391. The van der Waals surface area contributed by atoms with Crippen molar-refractivity contribution in [1.29, 1.82) is 0 Å². The highest BCUT2D eigenvalue weighted by atomic mass is 16.5. The molecule has 0 radical (unpaired) electrons. The SMILES string of the molecule is C(=COc1ccccc1)Oc1ccccc1. The molecule has 2 aromatic rings. The Morgan fingerprint density at radius 3 is 1.31 bits per heavy atom. The summed E-state index contributed by atoms with van der Waals surface area (Å²) in [6.45, 7) is 0. The van der Waals surface area contributed by atoms with Crippen molar-refractivity contribution in [3.8, 4) is 11.5 Å². The summed E-state index contributed by atoms with van der Waals surface area (Å²) in [6.07, 6.45) is 3.03. The predicted molar refractivity (Wildman–Crippen MR) is 63.3 cm³/mol. The molecule has 0 N–H and O–H groups in total. The summed E-state index contributed by atoms with van der Waals surface area (Å²) in [5, 5.41) is 0. The van der Waals surface area contributed by atoms with Gasteiger partial charge in [0.05, 0.1) is 0 Å². The first-order valence-corrected chi connectivity index (χ1v) is 5.03. The third kappa shape index (κ3) is 3.17. The second-order valence-corrected chi connectivity index (χ2v) is 3.13. The van der Waals surface area contributed by atoms with Crippen molar-refractivity contribution < 1.29 is 9.47 Å². The summed E-state index contributed by atoms with van der Waals surface area (Å²) in [5.74, 6) is 1.57. The standard InChI is InChI=1S/C14H12O2/c1-3-7-13(8-4-1)15-11-12-16-14-9-5-2-6-10-14/h1-12H. The molecule has 16 heavy (non-hydrogen) atoms. The highest BCUT2D eigenvalue weighted by Crippen LogP contribution is 2.10. The van der Waals surface area contributed by atoms with Gasteiger partial charge in [0.2, 0.25) is 0 Å². The smallest absolute Gasteiger partial charge is 0.126 e. The van der Waals surface area contributed by atoms with Crippen LogP contribution >= 0.6 is 0 Å². The van der Waals surface area contributed by atoms with Crippen molar-refractivity contribution in [2.24, 2.45) is 0 Å². The van der Waals surface area contributed by atoms with Gasteiger partial charge in [0.15, 0.2) is 0 Å². The molecule has 2 heteroatoms. The van der Waals surface area contributed by atoms with Gasteiger partial charge in [-0.3, -0.25) is 0 Å². The molecule has 0 saturated carbocycles. The van der Waals surface area contributed by atoms with E-state index in [1.165, 1.54) is 12.5 Å². The minimum absolute atomic E-state index is 0.787. The zero-order chi connectivity index (χ0) is 11.1. The average molecular weight is 212 g/mol. The van der Waals surface area contributed by atoms with E-state index in [0.29, 0.717) is 0 Å². The van der Waals surface area contributed by atoms with Crippen LogP contribution in [0.4, 0.5) is 0 Å². The Hall–Kier alpha value is -2.22. The largest absolute Gasteiger partial charge is 0.462 e. The van der Waals surface area contributed by atoms with Crippen LogP contribution in [0.1, 0.15) is 0 Å². The van der Waals surface area contributed by atoms with Crippen molar-refractivity contribution in [2.45, 2.75) is 0 Å². The fourth-order valence-corrected chi connectivity index (χ4v) is 1.21. The Kier molecular flexibility index (Phi) is 3.61. The average Bonchev–Trinajstić information content (AvgIpc) is 2.37. The van der Waals surface area contributed by atoms with E-state index in [1.807, 2.05) is 60.7 Å². The fraction of sp³-hybridized carbons (Fsp3) is 0. The van der Waals surface area contributed by atoms with E-state index >= 15 is 0 Å². The van der Waals surface area contributed by atoms with E-state index in [4.69, 9.17) is 9.47 Å². The summed E-state index contributed by atoms with van der Waals surface area (Å²) in [7, 11) is 0. The molecule has 2 rings (SSSR count). The molecule has 0 spiro atoms. The van der Waals surface area contributed by atoms with Gasteiger partial charge in [-0.1, -0.05) is 36.4 Å². The first kappa shape index (κ1) is 10.3. The molecule has 0 amide bonds. The number of hydrogen-bond donors (Lipinski definition) is 0. The molecule has 2 aromatic carbocycles. The molecule has 0 aliphatic rings. The fourth-order valence-electron chi connectivity index (χ4n) is 1.21. The summed E-state index contributed by atoms with van der Waals surface area (Å²) >= 11 is 0. The predicted octanol–water partition coefficient (Wildman–Crippen LogP) is 3.62. The van der Waals surface area contributed by atoms with Gasteiger partial charge >= 0.3 is 0 Å². The minimum Gasteiger partial charge on any atom is -0.462 e. The van der Waals surface area contributed by atoms with Gasteiger partial charge in [-0.15, -0.1) is 0 Å². The lowest BCUT2D eigenvalue weighted by molar-refractivity contribution is 0.422. The lowest BCUT2D eigenvalue weighted by Crippen LogP contribution is -1.85. The number of rotatable bonds is 4. The van der Waals surface area contributed by atoms with E-state index in [1.54, 1.807) is 0 Å². The molecule has 0 aliphatic heterocycles. The number of benzene rings is 2. The maximum atomic E-state index is 5.32. The third-order valence-electron chi connectivity index (χ3n) is 1.95. The molecule has 0 aliphatic carbocycles. The van der Waals surface area contributed by atoms with Gasteiger partial charge in [-0.2, -0.15) is 0 Å². The van der Waals surface area contributed by atoms with Gasteiger partial charge in [0, 0.05) is 0 Å². The minimum atomic E-state index is 0.787. The topological polar surface area (TPSA) is 18.5 Å². The van der Waals surface area contributed by atoms with Crippen LogP contribution in [-0.4, -0.2) is 0 Å². The van der Waals surface area contributed by atoms with Crippen molar-refractivity contribution in [2.75, 3.05) is 0 Å². The third-order valence-corrected chi connectivity index (χ3v) is 1.95. The van der Waals surface area contributed by atoms with Gasteiger partial charge in [-0.25, -0.2) is 0 Å². The van der Waals surface area contributed by atoms with Crippen LogP contribution in [-0.2, 0) is 0 Å². The monoisotopic (exact) mass is 212 g/mol. The number of para-hydroxylation sites is 2. The quantitative estimate of drug-likeness (QED) is 0.721. The van der Waals surface area contributed by atoms with Crippen LogP contribution in [0.15, 0.2) is 73.2 Å². The molecular weight excluding hydrogens is 200 g/mol. The van der Waals surface area contributed by atoms with E-state index in [0.717, 1.165) is 11.5 Å². The summed E-state index contributed by atoms with van der Waals surface area (Å²) < 4.78 is 10.6. The first-order valence-electron chi connectivity index (χ1n) is 5.03. The Morgan fingerprint density at radius 1 is 0.562 bits per heavy atom. The summed E-state index contributed by atoms with van der Waals surface area (Å²) in [6, 6.07) is 19.1. The lowest BCUT2D eigenvalue weighted by atomic mass is 10.3. The molecule has 0 heterocycles. The second kappa shape index (κ2) is 5.61. The molecule has 80 valence electrons. The normalized spacial score (nSPS) is 10.2. The van der Waals surface area contributed by atoms with Gasteiger partial charge in [0.1, 0.15) is 24.0 Å². The molecule has 0 aromatic heterocycles. The summed E-state index contributed by atoms with van der Waals surface area (Å²) in [4.78, 5) is 0. The van der Waals surface area contributed by atoms with Crippen molar-refractivity contribution >= 4 is 0 Å². The van der Waals surface area contributed by atoms with E-state index in [2.05, 4.69) is 0 Å². The van der Waals surface area contributed by atoms with Crippen LogP contribution in [0.25, 0.3) is 0 Å². The molecule has 0 atom stereocenters. The highest BCUT2D eigenvalue weighted by molar-refractivity contribution is 5.23. The van der Waals surface area contributed by atoms with E-state index in [9.17, 15) is 0 Å². The van der Waals surface area contributed by atoms with Gasteiger partial charge < -0.3 is 9.47 Å². The molecule has 2 nitrogen and oxygen atoms in total. The van der Waals surface area contributed by atoms with Crippen molar-refractivity contribution in [1.82, 2.24) is 0 Å². The maximum absolute atomic E-state index is 5.32. The van der Waals surface area contributed by atoms with Crippen molar-refractivity contribution in [3.05, 3.63) is 73.2 Å². The zero-order valence-electron chi connectivity index (χ0n) is 8.74. The Balaban J connectivity index is 1.83. The van der Waals surface area contributed by atoms with Crippen molar-refractivity contribution in [3.63, 3.8) is 0 Å².